The molecule has 0 aliphatic rings. The summed E-state index contributed by atoms with van der Waals surface area (Å²) >= 11 is 0. The lowest BCUT2D eigenvalue weighted by Crippen LogP contribution is -2.02. The molecular formula is C16H18N4O. The van der Waals surface area contributed by atoms with Gasteiger partial charge in [0.2, 0.25) is 5.88 Å². The molecule has 1 aromatic carbocycles. The Morgan fingerprint density at radius 3 is 2.86 bits per heavy atom. The minimum Gasteiger partial charge on any atom is -0.481 e. The lowest BCUT2D eigenvalue weighted by Gasteiger charge is -2.07. The average molecular weight is 282 g/mol. The second-order valence-electron chi connectivity index (χ2n) is 5.05. The second kappa shape index (κ2) is 5.44. The van der Waals surface area contributed by atoms with Crippen LogP contribution in [0.2, 0.25) is 0 Å². The van der Waals surface area contributed by atoms with Crippen LogP contribution in [0.3, 0.4) is 0 Å². The van der Waals surface area contributed by atoms with E-state index in [4.69, 9.17) is 4.74 Å². The van der Waals surface area contributed by atoms with E-state index in [1.165, 1.54) is 34.1 Å². The number of ether oxygens (including phenoxy) is 1. The van der Waals surface area contributed by atoms with Gasteiger partial charge in [-0.15, -0.1) is 0 Å². The van der Waals surface area contributed by atoms with Crippen LogP contribution in [0.5, 0.6) is 5.88 Å². The van der Waals surface area contributed by atoms with Gasteiger partial charge in [0, 0.05) is 29.2 Å². The summed E-state index contributed by atoms with van der Waals surface area (Å²) in [6, 6.07) is 8.22. The molecular weight excluding hydrogens is 264 g/mol. The van der Waals surface area contributed by atoms with Crippen molar-refractivity contribution >= 4 is 16.7 Å². The lowest BCUT2D eigenvalue weighted by molar-refractivity contribution is 0.397. The van der Waals surface area contributed by atoms with Gasteiger partial charge in [-0.25, -0.2) is 9.97 Å². The van der Waals surface area contributed by atoms with Crippen molar-refractivity contribution in [1.29, 1.82) is 0 Å². The van der Waals surface area contributed by atoms with Gasteiger partial charge < -0.3 is 15.0 Å². The number of benzene rings is 1. The molecule has 2 aromatic heterocycles. The van der Waals surface area contributed by atoms with E-state index in [0.29, 0.717) is 12.4 Å². The molecule has 3 rings (SSSR count). The van der Waals surface area contributed by atoms with Crippen molar-refractivity contribution in [3.05, 3.63) is 47.4 Å². The second-order valence-corrected chi connectivity index (χ2v) is 5.05. The fourth-order valence-corrected chi connectivity index (χ4v) is 2.36. The molecule has 0 spiro atoms. The van der Waals surface area contributed by atoms with E-state index < -0.39 is 0 Å². The largest absolute Gasteiger partial charge is 0.481 e. The van der Waals surface area contributed by atoms with E-state index in [0.717, 1.165) is 5.82 Å². The first-order valence-electron chi connectivity index (χ1n) is 6.85. The van der Waals surface area contributed by atoms with Crippen LogP contribution >= 0.6 is 0 Å². The third-order valence-electron chi connectivity index (χ3n) is 3.70. The monoisotopic (exact) mass is 282 g/mol. The highest BCUT2D eigenvalue weighted by molar-refractivity contribution is 5.85. The molecule has 108 valence electrons. The van der Waals surface area contributed by atoms with Crippen LogP contribution in [0.4, 0.5) is 5.82 Å². The molecule has 0 atom stereocenters. The highest BCUT2D eigenvalue weighted by Gasteiger charge is 2.05. The molecule has 2 N–H and O–H groups in total. The quantitative estimate of drug-likeness (QED) is 0.771. The summed E-state index contributed by atoms with van der Waals surface area (Å²) in [5.41, 5.74) is 4.91. The molecule has 0 aliphatic heterocycles. The minimum atomic E-state index is 0.556. The third kappa shape index (κ3) is 2.67. The molecule has 0 radical (unpaired) electrons. The van der Waals surface area contributed by atoms with Crippen LogP contribution in [0.1, 0.15) is 16.8 Å². The summed E-state index contributed by atoms with van der Waals surface area (Å²) in [6.07, 6.45) is 1.49. The van der Waals surface area contributed by atoms with Crippen molar-refractivity contribution < 1.29 is 4.74 Å². The summed E-state index contributed by atoms with van der Waals surface area (Å²) in [7, 11) is 1.59. The van der Waals surface area contributed by atoms with Gasteiger partial charge in [-0.05, 0) is 37.1 Å². The Hall–Kier alpha value is -2.56. The van der Waals surface area contributed by atoms with Crippen molar-refractivity contribution in [2.24, 2.45) is 0 Å². The van der Waals surface area contributed by atoms with Gasteiger partial charge in [0.05, 0.1) is 7.11 Å². The maximum Gasteiger partial charge on any atom is 0.218 e. The van der Waals surface area contributed by atoms with Gasteiger partial charge in [-0.3, -0.25) is 0 Å². The number of H-pyrrole nitrogens is 1. The fourth-order valence-electron chi connectivity index (χ4n) is 2.36. The molecule has 0 amide bonds. The van der Waals surface area contributed by atoms with E-state index in [2.05, 4.69) is 52.3 Å². The van der Waals surface area contributed by atoms with Crippen LogP contribution in [0, 0.1) is 13.8 Å². The topological polar surface area (TPSA) is 62.8 Å². The summed E-state index contributed by atoms with van der Waals surface area (Å²) < 4.78 is 5.09. The van der Waals surface area contributed by atoms with E-state index in [9.17, 15) is 0 Å². The Labute approximate surface area is 123 Å². The first-order valence-corrected chi connectivity index (χ1v) is 6.85. The van der Waals surface area contributed by atoms with E-state index >= 15 is 0 Å². The zero-order chi connectivity index (χ0) is 14.8. The Balaban J connectivity index is 1.80. The molecule has 0 saturated carbocycles. The van der Waals surface area contributed by atoms with Gasteiger partial charge in [0.15, 0.2) is 0 Å². The Morgan fingerprint density at radius 2 is 2.05 bits per heavy atom. The first kappa shape index (κ1) is 13.4. The van der Waals surface area contributed by atoms with Gasteiger partial charge in [0.25, 0.3) is 0 Å². The van der Waals surface area contributed by atoms with Crippen LogP contribution in [0.25, 0.3) is 10.9 Å². The summed E-state index contributed by atoms with van der Waals surface area (Å²) in [5.74, 6) is 1.31. The smallest absolute Gasteiger partial charge is 0.218 e. The molecule has 0 saturated heterocycles. The van der Waals surface area contributed by atoms with Crippen molar-refractivity contribution in [3.63, 3.8) is 0 Å². The molecule has 0 aliphatic carbocycles. The number of aryl methyl sites for hydroxylation is 2. The summed E-state index contributed by atoms with van der Waals surface area (Å²) in [6.45, 7) is 4.95. The molecule has 5 nitrogen and oxygen atoms in total. The number of methoxy groups -OCH3 is 1. The van der Waals surface area contributed by atoms with Gasteiger partial charge in [-0.1, -0.05) is 6.07 Å². The lowest BCUT2D eigenvalue weighted by atomic mass is 10.1. The van der Waals surface area contributed by atoms with E-state index in [-0.39, 0.29) is 0 Å². The van der Waals surface area contributed by atoms with Crippen molar-refractivity contribution in [2.45, 2.75) is 20.4 Å². The molecule has 2 heterocycles. The number of anilines is 1. The number of aromatic nitrogens is 3. The number of aromatic amines is 1. The number of hydrogen-bond acceptors (Lipinski definition) is 4. The number of fused-ring (bicyclic) bond motifs is 1. The van der Waals surface area contributed by atoms with Crippen LogP contribution < -0.4 is 10.1 Å². The fraction of sp³-hybridized carbons (Fsp3) is 0.250. The number of nitrogens with zero attached hydrogens (tertiary/aromatic N) is 2. The van der Waals surface area contributed by atoms with Crippen molar-refractivity contribution in [2.75, 3.05) is 12.4 Å². The van der Waals surface area contributed by atoms with Crippen LogP contribution in [-0.4, -0.2) is 22.1 Å². The SMILES string of the molecule is COc1cc(NCc2ccc3[nH]c(C)c(C)c3c2)ncn1. The molecule has 3 aromatic rings. The highest BCUT2D eigenvalue weighted by atomic mass is 16.5. The molecule has 5 heteroatoms. The highest BCUT2D eigenvalue weighted by Crippen LogP contribution is 2.22. The predicted octanol–water partition coefficient (Wildman–Crippen LogP) is 3.20. The maximum atomic E-state index is 5.09. The zero-order valence-corrected chi connectivity index (χ0v) is 12.4. The van der Waals surface area contributed by atoms with Crippen LogP contribution in [0.15, 0.2) is 30.6 Å². The van der Waals surface area contributed by atoms with Crippen molar-refractivity contribution in [3.8, 4) is 5.88 Å². The molecule has 0 unspecified atom stereocenters. The van der Waals surface area contributed by atoms with Gasteiger partial charge in [-0.2, -0.15) is 0 Å². The minimum absolute atomic E-state index is 0.556. The Kier molecular flexibility index (Phi) is 3.48. The molecule has 0 bridgehead atoms. The summed E-state index contributed by atoms with van der Waals surface area (Å²) in [5, 5.41) is 4.56. The normalized spacial score (nSPS) is 10.8. The molecule has 21 heavy (non-hydrogen) atoms. The predicted molar refractivity (Wildman–Crippen MR) is 83.7 cm³/mol. The van der Waals surface area contributed by atoms with E-state index in [1.807, 2.05) is 0 Å². The third-order valence-corrected chi connectivity index (χ3v) is 3.70. The van der Waals surface area contributed by atoms with Gasteiger partial charge >= 0.3 is 0 Å². The maximum absolute atomic E-state index is 5.09. The van der Waals surface area contributed by atoms with E-state index in [1.54, 1.807) is 13.2 Å². The number of hydrogen-bond donors (Lipinski definition) is 2. The van der Waals surface area contributed by atoms with Crippen LogP contribution in [-0.2, 0) is 6.54 Å². The average Bonchev–Trinajstić information content (AvgIpc) is 2.80. The first-order chi connectivity index (χ1) is 10.2. The number of nitrogens with one attached hydrogen (secondary N) is 2. The Morgan fingerprint density at radius 1 is 1.19 bits per heavy atom. The molecule has 0 fully saturated rings. The zero-order valence-electron chi connectivity index (χ0n) is 12.4. The van der Waals surface area contributed by atoms with Gasteiger partial charge in [0.1, 0.15) is 12.1 Å². The Bertz CT molecular complexity index is 779. The summed E-state index contributed by atoms with van der Waals surface area (Å²) in [4.78, 5) is 11.6. The van der Waals surface area contributed by atoms with Crippen molar-refractivity contribution in [1.82, 2.24) is 15.0 Å². The standard InChI is InChI=1S/C16H18N4O/c1-10-11(2)20-14-5-4-12(6-13(10)14)8-17-15-7-16(21-3)19-9-18-15/h4-7,9,20H,8H2,1-3H3,(H,17,18,19). The number of rotatable bonds is 4.